The molecule has 24 heavy (non-hydrogen) atoms. The number of H-pyrrole nitrogens is 1. The average Bonchev–Trinajstić information content (AvgIpc) is 2.97. The Morgan fingerprint density at radius 1 is 1.38 bits per heavy atom. The molecule has 8 heteroatoms. The van der Waals surface area contributed by atoms with E-state index < -0.39 is 5.97 Å². The van der Waals surface area contributed by atoms with Crippen LogP contribution in [0.3, 0.4) is 0 Å². The number of hydrogen-bond acceptors (Lipinski definition) is 5. The Morgan fingerprint density at radius 3 is 2.71 bits per heavy atom. The number of rotatable bonds is 3. The third-order valence-electron chi connectivity index (χ3n) is 3.58. The van der Waals surface area contributed by atoms with E-state index in [1.165, 1.54) is 0 Å². The van der Waals surface area contributed by atoms with Crippen molar-refractivity contribution in [2.75, 3.05) is 6.61 Å². The van der Waals surface area contributed by atoms with E-state index in [-0.39, 0.29) is 12.4 Å². The summed E-state index contributed by atoms with van der Waals surface area (Å²) in [5, 5.41) is 16.4. The summed E-state index contributed by atoms with van der Waals surface area (Å²) in [5.41, 5.74) is 2.62. The van der Waals surface area contributed by atoms with Gasteiger partial charge in [0.1, 0.15) is 5.39 Å². The SMILES string of the molecule is CCOC(=O)c1c(C)nc2[nH]nc([N+]#N)c2c1-c1ccc(Br)cc1. The molecule has 2 heterocycles. The number of fused-ring (bicyclic) bond motifs is 1. The van der Waals surface area contributed by atoms with Gasteiger partial charge in [0.05, 0.1) is 28.4 Å². The van der Waals surface area contributed by atoms with Crippen molar-refractivity contribution >= 4 is 38.8 Å². The smallest absolute Gasteiger partial charge is 0.462 e. The first-order valence-electron chi connectivity index (χ1n) is 7.23. The van der Waals surface area contributed by atoms with E-state index in [2.05, 4.69) is 36.1 Å². The lowest BCUT2D eigenvalue weighted by molar-refractivity contribution is 0.0526. The summed E-state index contributed by atoms with van der Waals surface area (Å²) in [6.45, 7) is 3.72. The van der Waals surface area contributed by atoms with Gasteiger partial charge in [0.15, 0.2) is 5.65 Å². The van der Waals surface area contributed by atoms with Crippen molar-refractivity contribution in [2.45, 2.75) is 13.8 Å². The van der Waals surface area contributed by atoms with Gasteiger partial charge in [-0.3, -0.25) is 0 Å². The summed E-state index contributed by atoms with van der Waals surface area (Å²) in [6, 6.07) is 7.44. The van der Waals surface area contributed by atoms with E-state index in [1.54, 1.807) is 13.8 Å². The third-order valence-corrected chi connectivity index (χ3v) is 4.11. The number of pyridine rings is 1. The van der Waals surface area contributed by atoms with Gasteiger partial charge in [0.25, 0.3) is 0 Å². The number of aromatic amines is 1. The topological polar surface area (TPSA) is 96.0 Å². The first-order chi connectivity index (χ1) is 11.6. The minimum absolute atomic E-state index is 0.0703. The average molecular weight is 387 g/mol. The zero-order valence-corrected chi connectivity index (χ0v) is 14.6. The number of ether oxygens (including phenoxy) is 1. The molecule has 0 saturated carbocycles. The second kappa shape index (κ2) is 6.37. The zero-order chi connectivity index (χ0) is 17.3. The molecule has 7 nitrogen and oxygen atoms in total. The number of halogens is 1. The predicted molar refractivity (Wildman–Crippen MR) is 92.5 cm³/mol. The number of benzene rings is 1. The fourth-order valence-corrected chi connectivity index (χ4v) is 2.86. The molecular formula is C16H13BrN5O2+. The molecule has 1 N–H and O–H groups in total. The predicted octanol–water partition coefficient (Wildman–Crippen LogP) is 4.36. The Labute approximate surface area is 145 Å². The Bertz CT molecular complexity index is 973. The largest absolute Gasteiger partial charge is 0.497 e. The molecule has 0 amide bonds. The number of aryl methyl sites for hydroxylation is 1. The maximum absolute atomic E-state index is 12.5. The van der Waals surface area contributed by atoms with Crippen LogP contribution in [-0.4, -0.2) is 27.8 Å². The first kappa shape index (κ1) is 16.1. The van der Waals surface area contributed by atoms with Crippen LogP contribution in [0.2, 0.25) is 0 Å². The lowest BCUT2D eigenvalue weighted by Gasteiger charge is -2.12. The summed E-state index contributed by atoms with van der Waals surface area (Å²) in [4.78, 5) is 20.0. The molecule has 0 radical (unpaired) electrons. The van der Waals surface area contributed by atoms with Crippen LogP contribution in [0.15, 0.2) is 28.7 Å². The number of diazo groups is 1. The minimum atomic E-state index is -0.479. The number of carbonyl (C=O) groups is 1. The molecule has 0 aliphatic rings. The van der Waals surface area contributed by atoms with Gasteiger partial charge in [0.2, 0.25) is 0 Å². The highest BCUT2D eigenvalue weighted by atomic mass is 79.9. The minimum Gasteiger partial charge on any atom is -0.462 e. The van der Waals surface area contributed by atoms with E-state index in [4.69, 9.17) is 4.74 Å². The molecule has 0 saturated heterocycles. The monoisotopic (exact) mass is 386 g/mol. The van der Waals surface area contributed by atoms with E-state index in [9.17, 15) is 10.2 Å². The van der Waals surface area contributed by atoms with Gasteiger partial charge < -0.3 is 4.74 Å². The van der Waals surface area contributed by atoms with Crippen molar-refractivity contribution in [2.24, 2.45) is 0 Å². The third kappa shape index (κ3) is 2.63. The van der Waals surface area contributed by atoms with Crippen LogP contribution in [0.4, 0.5) is 5.82 Å². The lowest BCUT2D eigenvalue weighted by atomic mass is 9.96. The van der Waals surface area contributed by atoms with Gasteiger partial charge in [-0.2, -0.15) is 5.10 Å². The van der Waals surface area contributed by atoms with Crippen LogP contribution >= 0.6 is 15.9 Å². The molecular weight excluding hydrogens is 374 g/mol. The molecule has 3 rings (SSSR count). The Kier molecular flexibility index (Phi) is 4.27. The van der Waals surface area contributed by atoms with Crippen molar-refractivity contribution < 1.29 is 9.53 Å². The fourth-order valence-electron chi connectivity index (χ4n) is 2.59. The number of esters is 1. The normalized spacial score (nSPS) is 10.6. The second-order valence-corrected chi connectivity index (χ2v) is 5.96. The Morgan fingerprint density at radius 2 is 2.08 bits per heavy atom. The van der Waals surface area contributed by atoms with Crippen molar-refractivity contribution in [3.05, 3.63) is 45.0 Å². The summed E-state index contributed by atoms with van der Waals surface area (Å²) in [6.07, 6.45) is 0. The van der Waals surface area contributed by atoms with Crippen molar-refractivity contribution in [3.8, 4) is 11.1 Å². The van der Waals surface area contributed by atoms with E-state index in [1.807, 2.05) is 24.3 Å². The van der Waals surface area contributed by atoms with Gasteiger partial charge in [-0.15, -0.1) is 0 Å². The molecule has 0 bridgehead atoms. The van der Waals surface area contributed by atoms with Gasteiger partial charge in [0, 0.05) is 15.0 Å². The van der Waals surface area contributed by atoms with Crippen molar-refractivity contribution in [1.82, 2.24) is 15.2 Å². The van der Waals surface area contributed by atoms with Crippen LogP contribution < -0.4 is 0 Å². The summed E-state index contributed by atoms with van der Waals surface area (Å²) in [5.74, 6) is -0.409. The van der Waals surface area contributed by atoms with Crippen LogP contribution in [0.5, 0.6) is 0 Å². The zero-order valence-electron chi connectivity index (χ0n) is 13.0. The van der Waals surface area contributed by atoms with Gasteiger partial charge in [-0.1, -0.05) is 28.1 Å². The van der Waals surface area contributed by atoms with Crippen LogP contribution in [-0.2, 0) is 4.74 Å². The van der Waals surface area contributed by atoms with Crippen molar-refractivity contribution in [1.29, 1.82) is 5.39 Å². The lowest BCUT2D eigenvalue weighted by Crippen LogP contribution is -2.10. The summed E-state index contributed by atoms with van der Waals surface area (Å²) in [7, 11) is 0. The fraction of sp³-hybridized carbons (Fsp3) is 0.188. The van der Waals surface area contributed by atoms with Crippen LogP contribution in [0, 0.1) is 12.3 Å². The molecule has 120 valence electrons. The summed E-state index contributed by atoms with van der Waals surface area (Å²) >= 11 is 3.39. The van der Waals surface area contributed by atoms with Crippen LogP contribution in [0.1, 0.15) is 23.0 Å². The standard InChI is InChI=1S/C16H12BrN5O2/c1-3-24-16(23)11-8(2)19-14-13(15(20-18)22-21-14)12(11)9-4-6-10(17)7-5-9/h4-7H,3H2,1-2H3/p+1. The molecule has 2 aromatic heterocycles. The Balaban J connectivity index is 2.42. The molecule has 0 atom stereocenters. The number of carbonyl (C=O) groups excluding carboxylic acids is 1. The second-order valence-electron chi connectivity index (χ2n) is 5.05. The highest BCUT2D eigenvalue weighted by Crippen LogP contribution is 2.37. The highest BCUT2D eigenvalue weighted by Gasteiger charge is 2.29. The maximum atomic E-state index is 12.5. The molecule has 0 aliphatic heterocycles. The van der Waals surface area contributed by atoms with Gasteiger partial charge in [-0.05, 0) is 31.5 Å². The van der Waals surface area contributed by atoms with Gasteiger partial charge >= 0.3 is 11.8 Å². The molecule has 0 unspecified atom stereocenters. The molecule has 3 aromatic rings. The first-order valence-corrected chi connectivity index (χ1v) is 8.03. The number of hydrogen-bond donors (Lipinski definition) is 1. The molecule has 0 fully saturated rings. The number of aromatic nitrogens is 3. The molecule has 1 aromatic carbocycles. The molecule has 0 spiro atoms. The highest BCUT2D eigenvalue weighted by molar-refractivity contribution is 9.10. The van der Waals surface area contributed by atoms with Crippen molar-refractivity contribution in [3.63, 3.8) is 0 Å². The number of nitrogens with one attached hydrogen (secondary N) is 1. The summed E-state index contributed by atoms with van der Waals surface area (Å²) < 4.78 is 6.09. The number of nitrogens with zero attached hydrogens (tertiary/aromatic N) is 4. The quantitative estimate of drug-likeness (QED) is 0.532. The van der Waals surface area contributed by atoms with Crippen LogP contribution in [0.25, 0.3) is 27.1 Å². The van der Waals surface area contributed by atoms with E-state index in [0.717, 1.165) is 10.0 Å². The van der Waals surface area contributed by atoms with E-state index in [0.29, 0.717) is 27.9 Å². The maximum Gasteiger partial charge on any atom is 0.497 e. The Hall–Kier alpha value is -2.79. The van der Waals surface area contributed by atoms with Gasteiger partial charge in [-0.25, -0.2) is 9.78 Å². The van der Waals surface area contributed by atoms with E-state index >= 15 is 0 Å². The molecule has 0 aliphatic carbocycles.